The van der Waals surface area contributed by atoms with Crippen LogP contribution < -0.4 is 0 Å². The minimum Gasteiger partial charge on any atom is -0.461 e. The fourth-order valence-corrected chi connectivity index (χ4v) is 7.07. The molecule has 1 heterocycles. The van der Waals surface area contributed by atoms with Crippen LogP contribution in [0.25, 0.3) is 0 Å². The van der Waals surface area contributed by atoms with Gasteiger partial charge in [-0.05, 0) is 31.9 Å². The maximum absolute atomic E-state index is 13.5. The standard InChI is InChI=1S/C35H50O13/c1-12-17(4)32(40)46-24-15-26(47-31(39)16(2)3)34(11)28(19(6)13-25(43-21(8)36)29(34)44-22(9)37)30(45-23(10)38)35(42)20(7)33(41)48-27(35)14-18(24)5/h14,16-17,20,24-30,42H,6,12-13,15H2,1-5,7-11H3/b18-14-/t17-,20+,24-,25+,26+,27+,28-,29+,30+,34-,35+/m1/s1. The summed E-state index contributed by atoms with van der Waals surface area (Å²) < 4.78 is 35.4. The van der Waals surface area contributed by atoms with Gasteiger partial charge in [-0.3, -0.25) is 28.8 Å². The summed E-state index contributed by atoms with van der Waals surface area (Å²) in [5.74, 6) is -7.85. The minimum atomic E-state index is -2.25. The Bertz CT molecular complexity index is 1350. The molecule has 48 heavy (non-hydrogen) atoms. The van der Waals surface area contributed by atoms with Gasteiger partial charge in [-0.15, -0.1) is 0 Å². The molecule has 0 radical (unpaired) electrons. The van der Waals surface area contributed by atoms with Gasteiger partial charge < -0.3 is 33.5 Å². The van der Waals surface area contributed by atoms with Crippen LogP contribution >= 0.6 is 0 Å². The zero-order valence-electron chi connectivity index (χ0n) is 29.5. The summed E-state index contributed by atoms with van der Waals surface area (Å²) in [7, 11) is 0. The Labute approximate surface area is 281 Å². The Balaban J connectivity index is 2.50. The molecule has 13 heteroatoms. The maximum atomic E-state index is 13.5. The first-order valence-electron chi connectivity index (χ1n) is 16.4. The predicted octanol–water partition coefficient (Wildman–Crippen LogP) is 3.53. The third-order valence-corrected chi connectivity index (χ3v) is 9.98. The molecule has 0 aromatic heterocycles. The fourth-order valence-electron chi connectivity index (χ4n) is 7.07. The average molecular weight is 679 g/mol. The Kier molecular flexibility index (Phi) is 11.9. The third kappa shape index (κ3) is 7.45. The van der Waals surface area contributed by atoms with Gasteiger partial charge in [0, 0.05) is 39.5 Å². The number of hydrogen-bond donors (Lipinski definition) is 1. The van der Waals surface area contributed by atoms with Crippen molar-refractivity contribution in [2.45, 2.75) is 131 Å². The van der Waals surface area contributed by atoms with E-state index in [4.69, 9.17) is 28.4 Å². The molecule has 0 aromatic carbocycles. The fraction of sp³-hybridized carbons (Fsp3) is 0.714. The molecular weight excluding hydrogens is 628 g/mol. The van der Waals surface area contributed by atoms with Crippen LogP contribution in [0.1, 0.15) is 88.5 Å². The summed E-state index contributed by atoms with van der Waals surface area (Å²) in [6.45, 7) is 19.1. The molecule has 3 aliphatic rings. The minimum absolute atomic E-state index is 0.106. The predicted molar refractivity (Wildman–Crippen MR) is 168 cm³/mol. The number of rotatable bonds is 8. The molecule has 0 unspecified atom stereocenters. The number of esters is 6. The molecule has 2 aliphatic carbocycles. The summed E-state index contributed by atoms with van der Waals surface area (Å²) in [5.41, 5.74) is -3.31. The highest BCUT2D eigenvalue weighted by Crippen LogP contribution is 2.57. The quantitative estimate of drug-likeness (QED) is 0.224. The van der Waals surface area contributed by atoms with E-state index in [1.54, 1.807) is 34.6 Å². The van der Waals surface area contributed by atoms with Gasteiger partial charge in [0.05, 0.1) is 23.2 Å². The van der Waals surface area contributed by atoms with Crippen molar-refractivity contribution in [3.05, 3.63) is 23.8 Å². The molecule has 3 rings (SSSR count). The second-order valence-corrected chi connectivity index (χ2v) is 13.8. The topological polar surface area (TPSA) is 178 Å². The van der Waals surface area contributed by atoms with Gasteiger partial charge in [0.25, 0.3) is 0 Å². The summed E-state index contributed by atoms with van der Waals surface area (Å²) in [4.78, 5) is 77.9. The van der Waals surface area contributed by atoms with Crippen LogP contribution in [0.3, 0.4) is 0 Å². The molecule has 0 spiro atoms. The molecule has 13 nitrogen and oxygen atoms in total. The Morgan fingerprint density at radius 3 is 2.04 bits per heavy atom. The van der Waals surface area contributed by atoms with Crippen LogP contribution in [-0.4, -0.2) is 83.1 Å². The lowest BCUT2D eigenvalue weighted by Gasteiger charge is -2.57. The maximum Gasteiger partial charge on any atom is 0.312 e. The van der Waals surface area contributed by atoms with Gasteiger partial charge in [-0.2, -0.15) is 0 Å². The van der Waals surface area contributed by atoms with Gasteiger partial charge in [0.1, 0.15) is 30.5 Å². The second kappa shape index (κ2) is 14.8. The summed E-state index contributed by atoms with van der Waals surface area (Å²) in [6, 6.07) is 0. The van der Waals surface area contributed by atoms with Crippen molar-refractivity contribution in [2.75, 3.05) is 0 Å². The van der Waals surface area contributed by atoms with Crippen molar-refractivity contribution < 1.29 is 62.3 Å². The molecule has 0 aromatic rings. The molecule has 268 valence electrons. The summed E-state index contributed by atoms with van der Waals surface area (Å²) >= 11 is 0. The van der Waals surface area contributed by atoms with Gasteiger partial charge in [-0.1, -0.05) is 46.8 Å². The van der Waals surface area contributed by atoms with Crippen molar-refractivity contribution >= 4 is 35.8 Å². The normalized spacial score (nSPS) is 36.6. The van der Waals surface area contributed by atoms with E-state index in [0.29, 0.717) is 12.0 Å². The number of hydrogen-bond acceptors (Lipinski definition) is 13. The first-order chi connectivity index (χ1) is 22.2. The van der Waals surface area contributed by atoms with Crippen LogP contribution in [0.5, 0.6) is 0 Å². The van der Waals surface area contributed by atoms with Gasteiger partial charge in [0.2, 0.25) is 0 Å². The Morgan fingerprint density at radius 1 is 0.958 bits per heavy atom. The number of fused-ring (bicyclic) bond motifs is 2. The lowest BCUT2D eigenvalue weighted by Crippen LogP contribution is -2.68. The Hall–Kier alpha value is -3.74. The molecule has 1 aliphatic heterocycles. The second-order valence-electron chi connectivity index (χ2n) is 13.8. The molecule has 1 N–H and O–H groups in total. The highest BCUT2D eigenvalue weighted by molar-refractivity contribution is 5.78. The highest BCUT2D eigenvalue weighted by atomic mass is 16.6. The van der Waals surface area contributed by atoms with E-state index in [1.165, 1.54) is 19.9 Å². The molecule has 0 amide bonds. The number of carbonyl (C=O) groups excluding carboxylic acids is 6. The molecular formula is C35H50O13. The third-order valence-electron chi connectivity index (χ3n) is 9.98. The first-order valence-corrected chi connectivity index (χ1v) is 16.4. The van der Waals surface area contributed by atoms with Crippen molar-refractivity contribution in [2.24, 2.45) is 29.1 Å². The largest absolute Gasteiger partial charge is 0.461 e. The van der Waals surface area contributed by atoms with E-state index in [1.807, 2.05) is 6.92 Å². The van der Waals surface area contributed by atoms with E-state index in [-0.39, 0.29) is 18.4 Å². The van der Waals surface area contributed by atoms with Gasteiger partial charge in [-0.25, -0.2) is 0 Å². The summed E-state index contributed by atoms with van der Waals surface area (Å²) in [5, 5.41) is 12.7. The van der Waals surface area contributed by atoms with Crippen molar-refractivity contribution in [1.82, 2.24) is 0 Å². The summed E-state index contributed by atoms with van der Waals surface area (Å²) in [6.07, 6.45) is -6.28. The van der Waals surface area contributed by atoms with Crippen molar-refractivity contribution in [1.29, 1.82) is 0 Å². The van der Waals surface area contributed by atoms with Crippen molar-refractivity contribution in [3.63, 3.8) is 0 Å². The molecule has 0 bridgehead atoms. The first kappa shape index (κ1) is 38.7. The van der Waals surface area contributed by atoms with Crippen LogP contribution in [0.2, 0.25) is 0 Å². The zero-order chi connectivity index (χ0) is 36.5. The molecule has 2 fully saturated rings. The Morgan fingerprint density at radius 2 is 1.52 bits per heavy atom. The van der Waals surface area contributed by atoms with E-state index >= 15 is 0 Å². The molecule has 1 saturated heterocycles. The van der Waals surface area contributed by atoms with Crippen LogP contribution in [0.4, 0.5) is 0 Å². The zero-order valence-corrected chi connectivity index (χ0v) is 29.5. The van der Waals surface area contributed by atoms with Crippen LogP contribution in [0, 0.1) is 29.1 Å². The van der Waals surface area contributed by atoms with E-state index < -0.39 is 107 Å². The van der Waals surface area contributed by atoms with E-state index in [2.05, 4.69) is 6.58 Å². The molecule has 11 atom stereocenters. The monoisotopic (exact) mass is 678 g/mol. The number of carbonyl (C=O) groups is 6. The highest BCUT2D eigenvalue weighted by Gasteiger charge is 2.69. The SMILES string of the molecule is C=C1C[C@H](OC(C)=O)[C@H](OC(C)=O)[C@]2(C)[C@@H](OC(=O)C(C)C)C[C@@H](OC(=O)[C@H](C)CC)/C(C)=C\[C@@H]3OC(=O)[C@H](C)[C@@]3(O)[C@@H](OC(C)=O)[C@@H]12. The van der Waals surface area contributed by atoms with Crippen LogP contribution in [-0.2, 0) is 57.2 Å². The number of aliphatic hydroxyl groups is 1. The van der Waals surface area contributed by atoms with Crippen molar-refractivity contribution in [3.8, 4) is 0 Å². The molecule has 1 saturated carbocycles. The van der Waals surface area contributed by atoms with E-state index in [0.717, 1.165) is 13.8 Å². The van der Waals surface area contributed by atoms with Gasteiger partial charge in [0.15, 0.2) is 11.7 Å². The smallest absolute Gasteiger partial charge is 0.312 e. The van der Waals surface area contributed by atoms with Gasteiger partial charge >= 0.3 is 35.8 Å². The van der Waals surface area contributed by atoms with Crippen LogP contribution in [0.15, 0.2) is 23.8 Å². The lowest BCUT2D eigenvalue weighted by molar-refractivity contribution is -0.238. The lowest BCUT2D eigenvalue weighted by atomic mass is 9.54. The van der Waals surface area contributed by atoms with E-state index in [9.17, 15) is 33.9 Å². The number of ether oxygens (including phenoxy) is 6. The average Bonchev–Trinajstić information content (AvgIpc) is 3.19.